The highest BCUT2D eigenvalue weighted by Crippen LogP contribution is 2.17. The molecule has 0 aliphatic heterocycles. The Labute approximate surface area is 82.0 Å². The lowest BCUT2D eigenvalue weighted by molar-refractivity contribution is 0.417. The van der Waals surface area contributed by atoms with Gasteiger partial charge in [0.25, 0.3) is 0 Å². The van der Waals surface area contributed by atoms with Crippen molar-refractivity contribution in [2.45, 2.75) is 33.1 Å². The molecule has 0 nitrogen and oxygen atoms in total. The van der Waals surface area contributed by atoms with Crippen molar-refractivity contribution < 1.29 is 0 Å². The van der Waals surface area contributed by atoms with E-state index in [0.717, 1.165) is 23.3 Å². The summed E-state index contributed by atoms with van der Waals surface area (Å²) in [7, 11) is 0. The number of hydrogen-bond acceptors (Lipinski definition) is 2. The van der Waals surface area contributed by atoms with E-state index in [9.17, 15) is 0 Å². The van der Waals surface area contributed by atoms with E-state index in [1.807, 2.05) is 0 Å². The van der Waals surface area contributed by atoms with Crippen molar-refractivity contribution in [3.63, 3.8) is 0 Å². The van der Waals surface area contributed by atoms with Crippen molar-refractivity contribution in [2.75, 3.05) is 11.5 Å². The van der Waals surface area contributed by atoms with Gasteiger partial charge in [0, 0.05) is 0 Å². The van der Waals surface area contributed by atoms with Crippen LogP contribution in [-0.4, -0.2) is 11.5 Å². The Morgan fingerprint density at radius 1 is 1.09 bits per heavy atom. The molecule has 68 valence electrons. The van der Waals surface area contributed by atoms with Gasteiger partial charge in [-0.15, -0.1) is 0 Å². The fraction of sp³-hybridized carbons (Fsp3) is 1.00. The third-order valence-electron chi connectivity index (χ3n) is 1.97. The summed E-state index contributed by atoms with van der Waals surface area (Å²) in [4.78, 5) is 0. The zero-order valence-corrected chi connectivity index (χ0v) is 9.37. The van der Waals surface area contributed by atoms with Gasteiger partial charge in [-0.05, 0) is 42.6 Å². The highest BCUT2D eigenvalue weighted by atomic mass is 32.1. The minimum absolute atomic E-state index is 0.772. The van der Waals surface area contributed by atoms with Crippen LogP contribution in [0.1, 0.15) is 33.1 Å². The molecule has 0 amide bonds. The largest absolute Gasteiger partial charge is 0.179 e. The van der Waals surface area contributed by atoms with Crippen LogP contribution >= 0.6 is 25.3 Å². The van der Waals surface area contributed by atoms with Crippen molar-refractivity contribution in [1.82, 2.24) is 0 Å². The average Bonchev–Trinajstić information content (AvgIpc) is 2.00. The van der Waals surface area contributed by atoms with Crippen molar-refractivity contribution in [1.29, 1.82) is 0 Å². The van der Waals surface area contributed by atoms with E-state index in [-0.39, 0.29) is 0 Å². The zero-order valence-electron chi connectivity index (χ0n) is 7.58. The van der Waals surface area contributed by atoms with Gasteiger partial charge in [0.2, 0.25) is 0 Å². The number of rotatable bonds is 6. The Hall–Kier alpha value is 0.700. The van der Waals surface area contributed by atoms with Crippen LogP contribution < -0.4 is 0 Å². The average molecular weight is 192 g/mol. The third-order valence-corrected chi connectivity index (χ3v) is 2.91. The van der Waals surface area contributed by atoms with Gasteiger partial charge in [0.15, 0.2) is 0 Å². The number of thiol groups is 2. The Morgan fingerprint density at radius 2 is 1.73 bits per heavy atom. The van der Waals surface area contributed by atoms with Crippen LogP contribution in [0.2, 0.25) is 0 Å². The zero-order chi connectivity index (χ0) is 8.69. The van der Waals surface area contributed by atoms with Gasteiger partial charge < -0.3 is 0 Å². The lowest BCUT2D eigenvalue weighted by atomic mass is 9.95. The summed E-state index contributed by atoms with van der Waals surface area (Å²) in [5, 5.41) is 0. The predicted octanol–water partition coefficient (Wildman–Crippen LogP) is 3.29. The van der Waals surface area contributed by atoms with Crippen molar-refractivity contribution >= 4 is 25.3 Å². The topological polar surface area (TPSA) is 0 Å². The Kier molecular flexibility index (Phi) is 7.82. The van der Waals surface area contributed by atoms with E-state index >= 15 is 0 Å². The lowest BCUT2D eigenvalue weighted by Gasteiger charge is -2.14. The first-order chi connectivity index (χ1) is 5.20. The van der Waals surface area contributed by atoms with Gasteiger partial charge in [-0.2, -0.15) is 25.3 Å². The molecule has 0 rings (SSSR count). The van der Waals surface area contributed by atoms with Gasteiger partial charge >= 0.3 is 0 Å². The highest BCUT2D eigenvalue weighted by Gasteiger charge is 2.06. The van der Waals surface area contributed by atoms with E-state index in [1.54, 1.807) is 0 Å². The van der Waals surface area contributed by atoms with Crippen LogP contribution in [0, 0.1) is 11.8 Å². The molecule has 2 heteroatoms. The first-order valence-electron chi connectivity index (χ1n) is 4.42. The molecular formula is C9H20S2. The normalized spacial score (nSPS) is 16.4. The first kappa shape index (κ1) is 11.7. The van der Waals surface area contributed by atoms with E-state index in [2.05, 4.69) is 39.1 Å². The molecule has 2 atom stereocenters. The van der Waals surface area contributed by atoms with Crippen molar-refractivity contribution in [3.05, 3.63) is 0 Å². The van der Waals surface area contributed by atoms with E-state index in [1.165, 1.54) is 19.3 Å². The van der Waals surface area contributed by atoms with Gasteiger partial charge in [-0.1, -0.05) is 13.8 Å². The standard InChI is InChI=1S/C9H20S2/c1-8(4-3-5-10)6-9(2)7-11/h8-11H,3-7H2,1-2H3. The Balaban J connectivity index is 3.27. The summed E-state index contributed by atoms with van der Waals surface area (Å²) in [6.45, 7) is 4.59. The molecule has 0 N–H and O–H groups in total. The molecule has 0 bridgehead atoms. The molecule has 11 heavy (non-hydrogen) atoms. The fourth-order valence-corrected chi connectivity index (χ4v) is 1.65. The molecule has 0 heterocycles. The SMILES string of the molecule is CC(CS)CC(C)CCCS. The van der Waals surface area contributed by atoms with Crippen LogP contribution in [0.25, 0.3) is 0 Å². The molecule has 0 fully saturated rings. The second kappa shape index (κ2) is 7.35. The first-order valence-corrected chi connectivity index (χ1v) is 5.69. The predicted molar refractivity (Wildman–Crippen MR) is 59.9 cm³/mol. The molecule has 0 aromatic carbocycles. The van der Waals surface area contributed by atoms with Crippen LogP contribution in [0.5, 0.6) is 0 Å². The molecule has 0 aromatic heterocycles. The van der Waals surface area contributed by atoms with Gasteiger partial charge in [0.05, 0.1) is 0 Å². The molecule has 0 aromatic rings. The van der Waals surface area contributed by atoms with Crippen molar-refractivity contribution in [3.8, 4) is 0 Å². The van der Waals surface area contributed by atoms with Gasteiger partial charge in [-0.3, -0.25) is 0 Å². The van der Waals surface area contributed by atoms with Crippen LogP contribution in [0.3, 0.4) is 0 Å². The summed E-state index contributed by atoms with van der Waals surface area (Å²) in [6, 6.07) is 0. The summed E-state index contributed by atoms with van der Waals surface area (Å²) in [5.41, 5.74) is 0. The fourth-order valence-electron chi connectivity index (χ4n) is 1.32. The number of hydrogen-bond donors (Lipinski definition) is 2. The summed E-state index contributed by atoms with van der Waals surface area (Å²) < 4.78 is 0. The molecule has 0 aliphatic carbocycles. The Bertz CT molecular complexity index is 83.6. The summed E-state index contributed by atoms with van der Waals surface area (Å²) in [5.74, 6) is 3.67. The monoisotopic (exact) mass is 192 g/mol. The molecule has 0 spiro atoms. The van der Waals surface area contributed by atoms with Gasteiger partial charge in [0.1, 0.15) is 0 Å². The highest BCUT2D eigenvalue weighted by molar-refractivity contribution is 7.80. The lowest BCUT2D eigenvalue weighted by Crippen LogP contribution is -2.04. The van der Waals surface area contributed by atoms with E-state index in [0.29, 0.717) is 0 Å². The molecule has 0 saturated carbocycles. The van der Waals surface area contributed by atoms with E-state index in [4.69, 9.17) is 0 Å². The maximum atomic E-state index is 4.27. The minimum Gasteiger partial charge on any atom is -0.179 e. The summed E-state index contributed by atoms with van der Waals surface area (Å²) >= 11 is 8.46. The molecule has 0 aliphatic rings. The maximum Gasteiger partial charge on any atom is -0.00720 e. The smallest absolute Gasteiger partial charge is 0.00720 e. The molecule has 0 saturated heterocycles. The van der Waals surface area contributed by atoms with Crippen LogP contribution in [-0.2, 0) is 0 Å². The maximum absolute atomic E-state index is 4.27. The molecule has 0 radical (unpaired) electrons. The minimum atomic E-state index is 0.772. The second-order valence-corrected chi connectivity index (χ2v) is 4.31. The quantitative estimate of drug-likeness (QED) is 0.593. The van der Waals surface area contributed by atoms with Crippen molar-refractivity contribution in [2.24, 2.45) is 11.8 Å². The van der Waals surface area contributed by atoms with E-state index < -0.39 is 0 Å². The summed E-state index contributed by atoms with van der Waals surface area (Å²) in [6.07, 6.45) is 3.89. The van der Waals surface area contributed by atoms with Crippen LogP contribution in [0.4, 0.5) is 0 Å². The van der Waals surface area contributed by atoms with Crippen LogP contribution in [0.15, 0.2) is 0 Å². The van der Waals surface area contributed by atoms with Gasteiger partial charge in [-0.25, -0.2) is 0 Å². The third kappa shape index (κ3) is 7.07. The second-order valence-electron chi connectivity index (χ2n) is 3.49. The molecule has 2 unspecified atom stereocenters. The Morgan fingerprint density at radius 3 is 2.18 bits per heavy atom. The molecular weight excluding hydrogens is 172 g/mol.